The molecule has 2 aromatic heterocycles. The van der Waals surface area contributed by atoms with Gasteiger partial charge in [0.15, 0.2) is 5.65 Å². The van der Waals surface area contributed by atoms with Gasteiger partial charge in [0, 0.05) is 62.6 Å². The molecule has 0 spiro atoms. The molecule has 1 amide bonds. The highest BCUT2D eigenvalue weighted by molar-refractivity contribution is 7.66. The Morgan fingerprint density at radius 1 is 0.986 bits per heavy atom. The number of nitro groups is 1. The fourth-order valence-electron chi connectivity index (χ4n) is 6.63. The summed E-state index contributed by atoms with van der Waals surface area (Å²) in [6, 6.07) is 15.9. The zero-order valence-corrected chi connectivity index (χ0v) is 40.0. The second kappa shape index (κ2) is 23.0. The SMILES string of the molecule is COc1cc(N=Nc2ccc([N+](=O)[O-])cc2)c(OC)cc1N=Nc1ccc(N(C)CCCC(=O)NCC#Cc2cn([C@H]3C[C@H](O)[C@@H](COP(=O)(O)OP(=O)(O)OP(=O)(O)O)O3)c3nc(N)[nH]c(=O)c23)cc1. The van der Waals surface area contributed by atoms with Crippen LogP contribution in [0.3, 0.4) is 0 Å². The van der Waals surface area contributed by atoms with Gasteiger partial charge in [-0.1, -0.05) is 11.8 Å². The highest BCUT2D eigenvalue weighted by atomic mass is 31.3. The third-order valence-corrected chi connectivity index (χ3v) is 13.7. The van der Waals surface area contributed by atoms with E-state index in [4.69, 9.17) is 29.7 Å². The van der Waals surface area contributed by atoms with Crippen LogP contribution in [0, 0.1) is 22.0 Å². The number of rotatable bonds is 21. The normalized spacial score (nSPS) is 17.7. The van der Waals surface area contributed by atoms with Crippen LogP contribution in [0.1, 0.15) is 31.1 Å². The third-order valence-electron chi connectivity index (χ3n) is 9.91. The number of anilines is 2. The number of aliphatic hydroxyl groups is 1. The van der Waals surface area contributed by atoms with Crippen LogP contribution in [0.5, 0.6) is 11.5 Å². The highest BCUT2D eigenvalue weighted by Crippen LogP contribution is 2.66. The minimum atomic E-state index is -5.78. The van der Waals surface area contributed by atoms with Crippen molar-refractivity contribution < 1.29 is 75.4 Å². The first-order valence-corrected chi connectivity index (χ1v) is 25.0. The van der Waals surface area contributed by atoms with Gasteiger partial charge < -0.3 is 59.4 Å². The predicted molar refractivity (Wildman–Crippen MR) is 249 cm³/mol. The van der Waals surface area contributed by atoms with E-state index in [9.17, 15) is 48.3 Å². The van der Waals surface area contributed by atoms with Gasteiger partial charge in [0.25, 0.3) is 11.2 Å². The lowest BCUT2D eigenvalue weighted by Crippen LogP contribution is -2.26. The summed E-state index contributed by atoms with van der Waals surface area (Å²) in [4.78, 5) is 81.2. The molecule has 6 rings (SSSR count). The third kappa shape index (κ3) is 14.9. The van der Waals surface area contributed by atoms with Gasteiger partial charge in [0.1, 0.15) is 35.2 Å². The van der Waals surface area contributed by atoms with Crippen molar-refractivity contribution in [2.45, 2.75) is 37.7 Å². The number of nitrogens with two attached hydrogens (primary N) is 1. The maximum Gasteiger partial charge on any atom is 0.490 e. The Kier molecular flexibility index (Phi) is 17.3. The van der Waals surface area contributed by atoms with Crippen LogP contribution in [0.2, 0.25) is 0 Å². The average molecular weight is 1050 g/mol. The Labute approximate surface area is 400 Å². The van der Waals surface area contributed by atoms with Crippen molar-refractivity contribution in [1.82, 2.24) is 19.9 Å². The molecule has 0 saturated carbocycles. The van der Waals surface area contributed by atoms with Crippen molar-refractivity contribution in [3.05, 3.63) is 92.9 Å². The number of fused-ring (bicyclic) bond motifs is 1. The quantitative estimate of drug-likeness (QED) is 0.0149. The number of hydrogen-bond acceptors (Lipinski definition) is 21. The molecule has 3 heterocycles. The van der Waals surface area contributed by atoms with E-state index in [2.05, 4.69) is 60.7 Å². The average Bonchev–Trinajstić information content (AvgIpc) is 3.86. The van der Waals surface area contributed by atoms with Gasteiger partial charge in [0.05, 0.1) is 60.7 Å². The summed E-state index contributed by atoms with van der Waals surface area (Å²) in [6.07, 6.45) is -2.04. The number of methoxy groups -OCH3 is 2. The first-order chi connectivity index (χ1) is 33.5. The number of nitrogens with one attached hydrogen (secondary N) is 2. The van der Waals surface area contributed by atoms with E-state index in [1.54, 1.807) is 24.3 Å². The standard InChI is InChI=1S/C39H44N11O18P3/c1-48(26-12-8-24(9-13-26)44-46-28-18-32(64-3)29(19-31(28)63-2)47-45-25-10-14-27(15-11-25)50(54)55)17-5-7-34(52)41-16-4-6-23-21-49(37-36(23)38(53)43-39(40)42-37)35-20-30(51)33(66-35)22-65-70(59,60)68-71(61,62)67-69(56,57)58/h8-15,18-19,21,30,33,35,51H,5,7,16-17,20,22H2,1-3H3,(H,41,52)(H,59,60)(H,61,62)(H2,56,57,58)(H3,40,42,43,53)/t30-,33+,35+/m0/s1. The number of hydrogen-bond donors (Lipinski definition) is 8. The molecular formula is C39H44N11O18P3. The van der Waals surface area contributed by atoms with Gasteiger partial charge in [-0.05, 0) is 42.8 Å². The molecule has 1 fully saturated rings. The van der Waals surface area contributed by atoms with Gasteiger partial charge in [-0.2, -0.15) is 23.8 Å². The number of azo groups is 2. The van der Waals surface area contributed by atoms with Crippen molar-refractivity contribution in [1.29, 1.82) is 0 Å². The molecule has 29 nitrogen and oxygen atoms in total. The molecule has 0 bridgehead atoms. The van der Waals surface area contributed by atoms with Crippen LogP contribution < -0.4 is 31.0 Å². The van der Waals surface area contributed by atoms with Crippen molar-refractivity contribution >= 4 is 80.5 Å². The molecule has 0 aliphatic carbocycles. The van der Waals surface area contributed by atoms with Gasteiger partial charge in [0.2, 0.25) is 11.9 Å². The molecule has 1 aliphatic rings. The summed E-state index contributed by atoms with van der Waals surface area (Å²) >= 11 is 0. The Morgan fingerprint density at radius 2 is 1.59 bits per heavy atom. The maximum absolute atomic E-state index is 13.0. The van der Waals surface area contributed by atoms with Crippen LogP contribution in [0.25, 0.3) is 11.0 Å². The zero-order valence-electron chi connectivity index (χ0n) is 37.4. The van der Waals surface area contributed by atoms with E-state index in [1.165, 1.54) is 49.2 Å². The van der Waals surface area contributed by atoms with Crippen molar-refractivity contribution in [3.63, 3.8) is 0 Å². The van der Waals surface area contributed by atoms with E-state index in [0.29, 0.717) is 47.2 Å². The summed E-state index contributed by atoms with van der Waals surface area (Å²) < 4.78 is 64.8. The topological polar surface area (TPSA) is 409 Å². The number of benzene rings is 3. The molecule has 32 heteroatoms. The largest absolute Gasteiger partial charge is 0.494 e. The first kappa shape index (κ1) is 53.6. The van der Waals surface area contributed by atoms with Crippen LogP contribution >= 0.6 is 23.5 Å². The van der Waals surface area contributed by atoms with Crippen LogP contribution in [-0.4, -0.2) is 103 Å². The number of phosphoric ester groups is 1. The summed E-state index contributed by atoms with van der Waals surface area (Å²) in [5.41, 5.74) is 7.63. The molecule has 71 heavy (non-hydrogen) atoms. The van der Waals surface area contributed by atoms with Crippen LogP contribution in [0.15, 0.2) is 92.1 Å². The molecule has 1 saturated heterocycles. The first-order valence-electron chi connectivity index (χ1n) is 20.5. The summed E-state index contributed by atoms with van der Waals surface area (Å²) in [7, 11) is -12.2. The number of ether oxygens (including phenoxy) is 3. The van der Waals surface area contributed by atoms with Crippen LogP contribution in [0.4, 0.5) is 40.1 Å². The number of phosphoric acid groups is 3. The number of aromatic amines is 1. The number of aliphatic hydroxyl groups excluding tert-OH is 1. The number of nitrogen functional groups attached to an aromatic ring is 1. The molecule has 3 aromatic carbocycles. The predicted octanol–water partition coefficient (Wildman–Crippen LogP) is 5.44. The summed E-state index contributed by atoms with van der Waals surface area (Å²) in [5, 5.41) is 41.2. The number of nitro benzene ring substituents is 1. The highest BCUT2D eigenvalue weighted by Gasteiger charge is 2.43. The van der Waals surface area contributed by atoms with E-state index in [1.807, 2.05) is 24.1 Å². The van der Waals surface area contributed by atoms with Gasteiger partial charge in [-0.15, -0.1) is 10.2 Å². The van der Waals surface area contributed by atoms with E-state index in [-0.39, 0.29) is 53.5 Å². The zero-order chi connectivity index (χ0) is 51.7. The summed E-state index contributed by atoms with van der Waals surface area (Å²) in [5.74, 6) is 5.70. The molecular weight excluding hydrogens is 1000 g/mol. The number of H-pyrrole nitrogens is 1. The monoisotopic (exact) mass is 1050 g/mol. The van der Waals surface area contributed by atoms with Gasteiger partial charge in [-0.25, -0.2) is 13.7 Å². The fourth-order valence-corrected chi connectivity index (χ4v) is 9.66. The minimum absolute atomic E-state index is 0.0113. The maximum atomic E-state index is 13.0. The number of carbonyl (C=O) groups excluding carboxylic acids is 1. The Balaban J connectivity index is 0.993. The number of nitrogens with zero attached hydrogens (tertiary/aromatic N) is 8. The lowest BCUT2D eigenvalue weighted by Gasteiger charge is -2.19. The molecule has 378 valence electrons. The number of carbonyl (C=O) groups is 1. The lowest BCUT2D eigenvalue weighted by atomic mass is 10.2. The molecule has 1 aliphatic heterocycles. The van der Waals surface area contributed by atoms with Crippen molar-refractivity contribution in [2.75, 3.05) is 51.6 Å². The number of aromatic nitrogens is 3. The van der Waals surface area contributed by atoms with Crippen LogP contribution in [-0.2, 0) is 36.4 Å². The minimum Gasteiger partial charge on any atom is -0.494 e. The van der Waals surface area contributed by atoms with E-state index < -0.39 is 59.0 Å². The fraction of sp³-hybridized carbons (Fsp3) is 0.308. The van der Waals surface area contributed by atoms with E-state index in [0.717, 1.165) is 5.69 Å². The number of amides is 1. The second-order valence-corrected chi connectivity index (χ2v) is 19.3. The molecule has 0 radical (unpaired) electrons. The molecule has 2 unspecified atom stereocenters. The lowest BCUT2D eigenvalue weighted by molar-refractivity contribution is -0.384. The Morgan fingerprint density at radius 3 is 2.17 bits per heavy atom. The van der Waals surface area contributed by atoms with Crippen molar-refractivity contribution in [3.8, 4) is 23.3 Å². The molecule has 5 aromatic rings. The Hall–Kier alpha value is -6.76. The van der Waals surface area contributed by atoms with E-state index >= 15 is 0 Å². The van der Waals surface area contributed by atoms with Gasteiger partial charge in [-0.3, -0.25) is 29.2 Å². The number of non-ortho nitro benzene ring substituents is 1. The Bertz CT molecular complexity index is 3100. The smallest absolute Gasteiger partial charge is 0.490 e. The molecule has 5 atom stereocenters. The molecule has 9 N–H and O–H groups in total. The van der Waals surface area contributed by atoms with Gasteiger partial charge >= 0.3 is 23.5 Å². The second-order valence-electron chi connectivity index (χ2n) is 14.9. The summed E-state index contributed by atoms with van der Waals surface area (Å²) in [6.45, 7) is -0.515. The van der Waals surface area contributed by atoms with Crippen molar-refractivity contribution in [2.24, 2.45) is 20.5 Å².